The number of aromatic nitrogens is 1. The van der Waals surface area contributed by atoms with Gasteiger partial charge in [0.2, 0.25) is 0 Å². The van der Waals surface area contributed by atoms with E-state index < -0.39 is 0 Å². The Bertz CT molecular complexity index is 1170. The molecule has 2 aliphatic heterocycles. The first-order valence-electron chi connectivity index (χ1n) is 13.4. The lowest BCUT2D eigenvalue weighted by Crippen LogP contribution is -2.36. The average molecular weight is 504 g/mol. The van der Waals surface area contributed by atoms with Crippen molar-refractivity contribution in [1.82, 2.24) is 4.98 Å². The van der Waals surface area contributed by atoms with Gasteiger partial charge < -0.3 is 15.1 Å². The molecule has 0 unspecified atom stereocenters. The molecule has 6 nitrogen and oxygen atoms in total. The maximum atomic E-state index is 13.7. The Morgan fingerprint density at radius 2 is 1.92 bits per heavy atom. The second-order valence-electron chi connectivity index (χ2n) is 10.8. The zero-order valence-electron chi connectivity index (χ0n) is 21.8. The average Bonchev–Trinajstić information content (AvgIpc) is 3.64. The number of nitrogens with one attached hydrogen (secondary N) is 1. The zero-order chi connectivity index (χ0) is 25.3. The summed E-state index contributed by atoms with van der Waals surface area (Å²) >= 11 is 1.84. The number of nitriles is 1. The van der Waals surface area contributed by atoms with Crippen molar-refractivity contribution < 1.29 is 4.79 Å². The SMILES string of the molecule is CCSc1cc(N2CCC3(CC2)CC3)c(C(=O)Nc2cc(C)cc(N3CCC[C@@H](C#N)C3)n2)cc1C. The number of aryl methyl sites for hydroxylation is 2. The van der Waals surface area contributed by atoms with Crippen molar-refractivity contribution in [2.75, 3.05) is 47.0 Å². The number of pyridine rings is 1. The number of rotatable bonds is 6. The normalized spacial score (nSPS) is 20.8. The van der Waals surface area contributed by atoms with E-state index >= 15 is 0 Å². The van der Waals surface area contributed by atoms with Gasteiger partial charge in [-0.3, -0.25) is 4.79 Å². The number of anilines is 3. The van der Waals surface area contributed by atoms with Gasteiger partial charge in [0.05, 0.1) is 23.2 Å². The number of amides is 1. The Morgan fingerprint density at radius 3 is 2.61 bits per heavy atom. The van der Waals surface area contributed by atoms with Crippen LogP contribution >= 0.6 is 11.8 Å². The highest BCUT2D eigenvalue weighted by atomic mass is 32.2. The number of hydrogen-bond donors (Lipinski definition) is 1. The molecule has 0 bridgehead atoms. The Morgan fingerprint density at radius 1 is 1.14 bits per heavy atom. The molecular formula is C29H37N5OS. The molecule has 7 heteroatoms. The molecule has 1 aromatic carbocycles. The second-order valence-corrected chi connectivity index (χ2v) is 12.1. The highest BCUT2D eigenvalue weighted by Crippen LogP contribution is 2.54. The summed E-state index contributed by atoms with van der Waals surface area (Å²) in [4.78, 5) is 24.3. The number of thioether (sulfide) groups is 1. The van der Waals surface area contributed by atoms with Gasteiger partial charge in [-0.1, -0.05) is 6.92 Å². The Kier molecular flexibility index (Phi) is 7.16. The number of hydrogen-bond acceptors (Lipinski definition) is 6. The first-order valence-corrected chi connectivity index (χ1v) is 14.4. The molecular weight excluding hydrogens is 466 g/mol. The van der Waals surface area contributed by atoms with Gasteiger partial charge in [0.15, 0.2) is 0 Å². The molecule has 1 amide bonds. The predicted molar refractivity (Wildman–Crippen MR) is 148 cm³/mol. The molecule has 2 saturated heterocycles. The first kappa shape index (κ1) is 25.0. The van der Waals surface area contributed by atoms with E-state index in [0.717, 1.165) is 66.4 Å². The molecule has 190 valence electrons. The van der Waals surface area contributed by atoms with Crippen LogP contribution in [0.3, 0.4) is 0 Å². The van der Waals surface area contributed by atoms with Gasteiger partial charge in [0, 0.05) is 31.1 Å². The van der Waals surface area contributed by atoms with Gasteiger partial charge in [-0.2, -0.15) is 5.26 Å². The van der Waals surface area contributed by atoms with Crippen LogP contribution in [0, 0.1) is 36.5 Å². The van der Waals surface area contributed by atoms with Gasteiger partial charge in [0.25, 0.3) is 5.91 Å². The predicted octanol–water partition coefficient (Wildman–Crippen LogP) is 6.18. The molecule has 36 heavy (non-hydrogen) atoms. The molecule has 1 aliphatic carbocycles. The summed E-state index contributed by atoms with van der Waals surface area (Å²) in [5.41, 5.74) is 4.55. The smallest absolute Gasteiger partial charge is 0.258 e. The second kappa shape index (κ2) is 10.3. The van der Waals surface area contributed by atoms with Crippen molar-refractivity contribution in [2.45, 2.75) is 64.2 Å². The van der Waals surface area contributed by atoms with E-state index in [1.165, 1.54) is 30.6 Å². The van der Waals surface area contributed by atoms with Crippen LogP contribution < -0.4 is 15.1 Å². The molecule has 1 saturated carbocycles. The number of nitrogens with zero attached hydrogens (tertiary/aromatic N) is 4. The maximum absolute atomic E-state index is 13.7. The van der Waals surface area contributed by atoms with Crippen LogP contribution in [0.5, 0.6) is 0 Å². The number of benzene rings is 1. The Labute approximate surface area is 219 Å². The molecule has 3 heterocycles. The lowest BCUT2D eigenvalue weighted by Gasteiger charge is -2.35. The van der Waals surface area contributed by atoms with Crippen LogP contribution in [-0.4, -0.2) is 42.8 Å². The first-order chi connectivity index (χ1) is 17.4. The quantitative estimate of drug-likeness (QED) is 0.474. The molecule has 2 aromatic rings. The lowest BCUT2D eigenvalue weighted by molar-refractivity contribution is 0.102. The van der Waals surface area contributed by atoms with Crippen LogP contribution in [0.2, 0.25) is 0 Å². The van der Waals surface area contributed by atoms with Gasteiger partial charge >= 0.3 is 0 Å². The molecule has 3 aliphatic rings. The topological polar surface area (TPSA) is 72.3 Å². The molecule has 1 N–H and O–H groups in total. The van der Waals surface area contributed by atoms with Crippen LogP contribution in [0.4, 0.5) is 17.3 Å². The summed E-state index contributed by atoms with van der Waals surface area (Å²) in [6.07, 6.45) is 7.10. The third kappa shape index (κ3) is 5.34. The molecule has 3 fully saturated rings. The van der Waals surface area contributed by atoms with Crippen LogP contribution in [0.15, 0.2) is 29.2 Å². The lowest BCUT2D eigenvalue weighted by atomic mass is 9.92. The van der Waals surface area contributed by atoms with Gasteiger partial charge in [-0.15, -0.1) is 11.8 Å². The fraction of sp³-hybridized carbons (Fsp3) is 0.552. The molecule has 1 aromatic heterocycles. The van der Waals surface area contributed by atoms with E-state index in [0.29, 0.717) is 17.8 Å². The molecule has 0 radical (unpaired) electrons. The van der Waals surface area contributed by atoms with Crippen molar-refractivity contribution >= 4 is 35.0 Å². The molecule has 5 rings (SSSR count). The van der Waals surface area contributed by atoms with E-state index in [1.54, 1.807) is 0 Å². The zero-order valence-corrected chi connectivity index (χ0v) is 22.6. The molecule has 1 spiro atoms. The highest BCUT2D eigenvalue weighted by Gasteiger charge is 2.44. The highest BCUT2D eigenvalue weighted by molar-refractivity contribution is 7.99. The van der Waals surface area contributed by atoms with Crippen molar-refractivity contribution in [3.8, 4) is 6.07 Å². The molecule has 1 atom stereocenters. The van der Waals surface area contributed by atoms with Gasteiger partial charge in [-0.25, -0.2) is 4.98 Å². The van der Waals surface area contributed by atoms with E-state index in [2.05, 4.69) is 47.2 Å². The summed E-state index contributed by atoms with van der Waals surface area (Å²) in [6.45, 7) is 9.90. The van der Waals surface area contributed by atoms with E-state index in [4.69, 9.17) is 4.98 Å². The monoisotopic (exact) mass is 503 g/mol. The van der Waals surface area contributed by atoms with Gasteiger partial charge in [-0.05, 0) is 98.9 Å². The van der Waals surface area contributed by atoms with Crippen molar-refractivity contribution in [3.63, 3.8) is 0 Å². The van der Waals surface area contributed by atoms with E-state index in [9.17, 15) is 10.1 Å². The number of carbonyl (C=O) groups is 1. The van der Waals surface area contributed by atoms with Crippen LogP contribution in [0.25, 0.3) is 0 Å². The maximum Gasteiger partial charge on any atom is 0.258 e. The summed E-state index contributed by atoms with van der Waals surface area (Å²) in [5, 5.41) is 12.5. The summed E-state index contributed by atoms with van der Waals surface area (Å²) in [6, 6.07) is 10.7. The largest absolute Gasteiger partial charge is 0.371 e. The van der Waals surface area contributed by atoms with E-state index in [-0.39, 0.29) is 11.8 Å². The minimum Gasteiger partial charge on any atom is -0.371 e. The Hall–Kier alpha value is -2.72. The van der Waals surface area contributed by atoms with Gasteiger partial charge in [0.1, 0.15) is 11.6 Å². The van der Waals surface area contributed by atoms with Crippen LogP contribution in [0.1, 0.15) is 66.9 Å². The third-order valence-electron chi connectivity index (χ3n) is 8.09. The van der Waals surface area contributed by atoms with Crippen molar-refractivity contribution in [1.29, 1.82) is 5.26 Å². The fourth-order valence-electron chi connectivity index (χ4n) is 5.68. The van der Waals surface area contributed by atoms with Crippen molar-refractivity contribution in [2.24, 2.45) is 11.3 Å². The standard InChI is InChI=1S/C29H37N5OS/c1-4-36-25-17-24(33-12-9-29(7-8-29)10-13-33)23(16-21(25)3)28(35)32-26-14-20(2)15-27(31-26)34-11-5-6-22(18-30)19-34/h14-17,22H,4-13,19H2,1-3H3,(H,31,32,35)/t22-/m0/s1. The summed E-state index contributed by atoms with van der Waals surface area (Å²) in [7, 11) is 0. The van der Waals surface area contributed by atoms with Crippen molar-refractivity contribution in [3.05, 3.63) is 41.0 Å². The van der Waals surface area contributed by atoms with Crippen LogP contribution in [-0.2, 0) is 0 Å². The third-order valence-corrected chi connectivity index (χ3v) is 9.12. The number of carbonyl (C=O) groups excluding carboxylic acids is 1. The minimum absolute atomic E-state index is 0.0310. The van der Waals surface area contributed by atoms with E-state index in [1.807, 2.05) is 30.8 Å². The fourth-order valence-corrected chi connectivity index (χ4v) is 6.47. The Balaban J connectivity index is 1.40. The summed E-state index contributed by atoms with van der Waals surface area (Å²) in [5.74, 6) is 2.34. The number of piperidine rings is 2. The summed E-state index contributed by atoms with van der Waals surface area (Å²) < 4.78 is 0. The minimum atomic E-state index is -0.106.